The first-order valence-corrected chi connectivity index (χ1v) is 6.38. The lowest BCUT2D eigenvalue weighted by atomic mass is 9.93. The number of halogens is 1. The normalized spacial score (nSPS) is 19.1. The van der Waals surface area contributed by atoms with Gasteiger partial charge in [-0.05, 0) is 30.5 Å². The number of hydrogen-bond donors (Lipinski definition) is 1. The van der Waals surface area contributed by atoms with Crippen LogP contribution in [0.5, 0.6) is 5.75 Å². The van der Waals surface area contributed by atoms with Crippen LogP contribution in [0.2, 0.25) is 5.02 Å². The van der Waals surface area contributed by atoms with E-state index in [-0.39, 0.29) is 0 Å². The van der Waals surface area contributed by atoms with Crippen molar-refractivity contribution in [2.24, 2.45) is 0 Å². The van der Waals surface area contributed by atoms with Gasteiger partial charge in [-0.25, -0.2) is 0 Å². The summed E-state index contributed by atoms with van der Waals surface area (Å²) in [6.45, 7) is 1.68. The summed E-state index contributed by atoms with van der Waals surface area (Å²) in [5, 5.41) is 4.38. The van der Waals surface area contributed by atoms with Crippen LogP contribution in [0.15, 0.2) is 12.1 Å². The molecule has 1 fully saturated rings. The van der Waals surface area contributed by atoms with Gasteiger partial charge in [0.15, 0.2) is 0 Å². The molecule has 1 aliphatic carbocycles. The van der Waals surface area contributed by atoms with E-state index in [4.69, 9.17) is 16.3 Å². The molecule has 3 rings (SSSR count). The molecule has 2 aliphatic rings. The molecule has 0 amide bonds. The van der Waals surface area contributed by atoms with Crippen LogP contribution in [0.3, 0.4) is 0 Å². The fourth-order valence-electron chi connectivity index (χ4n) is 2.34. The maximum atomic E-state index is 6.11. The van der Waals surface area contributed by atoms with Crippen LogP contribution in [0.1, 0.15) is 30.4 Å². The van der Waals surface area contributed by atoms with Crippen LogP contribution in [0.25, 0.3) is 0 Å². The van der Waals surface area contributed by atoms with Crippen molar-refractivity contribution in [1.29, 1.82) is 0 Å². The van der Waals surface area contributed by atoms with Crippen molar-refractivity contribution < 1.29 is 4.74 Å². The van der Waals surface area contributed by atoms with Crippen LogP contribution in [0, 0.1) is 0 Å². The lowest BCUT2D eigenvalue weighted by Gasteiger charge is -2.26. The van der Waals surface area contributed by atoms with E-state index < -0.39 is 0 Å². The Morgan fingerprint density at radius 3 is 3.00 bits per heavy atom. The number of fused-ring (bicyclic) bond motifs is 1. The number of hydrogen-bond acceptors (Lipinski definition) is 2. The zero-order chi connectivity index (χ0) is 11.0. The van der Waals surface area contributed by atoms with E-state index in [2.05, 4.69) is 5.32 Å². The molecule has 1 aliphatic heterocycles. The van der Waals surface area contributed by atoms with E-state index in [1.807, 2.05) is 12.1 Å². The zero-order valence-corrected chi connectivity index (χ0v) is 10.0. The third-order valence-corrected chi connectivity index (χ3v) is 3.73. The van der Waals surface area contributed by atoms with Gasteiger partial charge in [-0.15, -0.1) is 0 Å². The topological polar surface area (TPSA) is 21.3 Å². The third kappa shape index (κ3) is 1.92. The molecular weight excluding hydrogens is 222 g/mol. The highest BCUT2D eigenvalue weighted by molar-refractivity contribution is 6.30. The van der Waals surface area contributed by atoms with Crippen molar-refractivity contribution >= 4 is 11.6 Å². The van der Waals surface area contributed by atoms with E-state index in [0.717, 1.165) is 30.3 Å². The Kier molecular flexibility index (Phi) is 2.78. The Labute approximate surface area is 101 Å². The molecule has 86 valence electrons. The lowest BCUT2D eigenvalue weighted by Crippen LogP contribution is -2.34. The molecule has 0 aromatic heterocycles. The van der Waals surface area contributed by atoms with Gasteiger partial charge < -0.3 is 10.1 Å². The minimum Gasteiger partial charge on any atom is -0.493 e. The molecular formula is C13H16ClNO. The Morgan fingerprint density at radius 2 is 2.25 bits per heavy atom. The van der Waals surface area contributed by atoms with E-state index in [0.29, 0.717) is 6.04 Å². The number of nitrogens with one attached hydrogen (secondary N) is 1. The lowest BCUT2D eigenvalue weighted by molar-refractivity contribution is 0.328. The van der Waals surface area contributed by atoms with Gasteiger partial charge in [-0.2, -0.15) is 0 Å². The monoisotopic (exact) mass is 237 g/mol. The summed E-state index contributed by atoms with van der Waals surface area (Å²) < 4.78 is 5.67. The van der Waals surface area contributed by atoms with Gasteiger partial charge in [0.05, 0.1) is 6.61 Å². The maximum absolute atomic E-state index is 6.11. The van der Waals surface area contributed by atoms with Gasteiger partial charge >= 0.3 is 0 Å². The summed E-state index contributed by atoms with van der Waals surface area (Å²) in [7, 11) is 0. The quantitative estimate of drug-likeness (QED) is 0.873. The second-order valence-electron chi connectivity index (χ2n) is 4.66. The molecule has 0 unspecified atom stereocenters. The fraction of sp³-hybridized carbons (Fsp3) is 0.538. The standard InChI is InChI=1S/C13H16ClNO/c14-11-6-9-4-5-16-13(9)10(7-11)8-15-12-2-1-3-12/h6-7,12,15H,1-5,8H2. The van der Waals surface area contributed by atoms with Crippen LogP contribution < -0.4 is 10.1 Å². The van der Waals surface area contributed by atoms with Gasteiger partial charge in [0.25, 0.3) is 0 Å². The van der Waals surface area contributed by atoms with Gasteiger partial charge in [-0.3, -0.25) is 0 Å². The molecule has 2 nitrogen and oxygen atoms in total. The first-order chi connectivity index (χ1) is 7.83. The number of benzene rings is 1. The largest absolute Gasteiger partial charge is 0.493 e. The first-order valence-electron chi connectivity index (χ1n) is 6.00. The summed E-state index contributed by atoms with van der Waals surface area (Å²) in [6.07, 6.45) is 4.97. The van der Waals surface area contributed by atoms with Gasteiger partial charge in [0, 0.05) is 29.6 Å². The van der Waals surface area contributed by atoms with Crippen molar-refractivity contribution in [3.05, 3.63) is 28.3 Å². The molecule has 1 N–H and O–H groups in total. The Morgan fingerprint density at radius 1 is 1.38 bits per heavy atom. The predicted molar refractivity (Wildman–Crippen MR) is 65.1 cm³/mol. The highest BCUT2D eigenvalue weighted by atomic mass is 35.5. The van der Waals surface area contributed by atoms with E-state index in [9.17, 15) is 0 Å². The van der Waals surface area contributed by atoms with E-state index >= 15 is 0 Å². The minimum absolute atomic E-state index is 0.705. The van der Waals surface area contributed by atoms with E-state index in [1.165, 1.54) is 30.4 Å². The number of rotatable bonds is 3. The Bertz CT molecular complexity index is 401. The van der Waals surface area contributed by atoms with Crippen molar-refractivity contribution in [1.82, 2.24) is 5.32 Å². The summed E-state index contributed by atoms with van der Waals surface area (Å²) in [6, 6.07) is 4.75. The summed E-state index contributed by atoms with van der Waals surface area (Å²) in [5.41, 5.74) is 2.48. The van der Waals surface area contributed by atoms with Crippen molar-refractivity contribution in [2.45, 2.75) is 38.3 Å². The summed E-state index contributed by atoms with van der Waals surface area (Å²) in [5.74, 6) is 1.07. The average Bonchev–Trinajstić information content (AvgIpc) is 2.62. The van der Waals surface area contributed by atoms with Crippen molar-refractivity contribution in [3.63, 3.8) is 0 Å². The van der Waals surface area contributed by atoms with Crippen LogP contribution in [-0.4, -0.2) is 12.6 Å². The molecule has 0 saturated heterocycles. The predicted octanol–water partition coefficient (Wildman–Crippen LogP) is 2.92. The molecule has 16 heavy (non-hydrogen) atoms. The van der Waals surface area contributed by atoms with Crippen LogP contribution >= 0.6 is 11.6 Å². The SMILES string of the molecule is Clc1cc2c(c(CNC3CCC3)c1)OCC2. The highest BCUT2D eigenvalue weighted by Crippen LogP contribution is 2.33. The molecule has 0 radical (unpaired) electrons. The highest BCUT2D eigenvalue weighted by Gasteiger charge is 2.20. The molecule has 1 heterocycles. The molecule has 0 bridgehead atoms. The second-order valence-corrected chi connectivity index (χ2v) is 5.10. The van der Waals surface area contributed by atoms with Crippen molar-refractivity contribution in [2.75, 3.05) is 6.61 Å². The Balaban J connectivity index is 1.77. The summed E-state index contributed by atoms with van der Waals surface area (Å²) in [4.78, 5) is 0. The van der Waals surface area contributed by atoms with Gasteiger partial charge in [0.1, 0.15) is 5.75 Å². The van der Waals surface area contributed by atoms with Crippen LogP contribution in [-0.2, 0) is 13.0 Å². The summed E-state index contributed by atoms with van der Waals surface area (Å²) >= 11 is 6.11. The molecule has 3 heteroatoms. The zero-order valence-electron chi connectivity index (χ0n) is 9.26. The van der Waals surface area contributed by atoms with Crippen molar-refractivity contribution in [3.8, 4) is 5.75 Å². The molecule has 0 atom stereocenters. The third-order valence-electron chi connectivity index (χ3n) is 3.51. The van der Waals surface area contributed by atoms with Crippen LogP contribution in [0.4, 0.5) is 0 Å². The van der Waals surface area contributed by atoms with Gasteiger partial charge in [0.2, 0.25) is 0 Å². The van der Waals surface area contributed by atoms with E-state index in [1.54, 1.807) is 0 Å². The minimum atomic E-state index is 0.705. The first kappa shape index (κ1) is 10.4. The molecule has 1 aromatic rings. The second kappa shape index (κ2) is 4.27. The average molecular weight is 238 g/mol. The fourth-order valence-corrected chi connectivity index (χ4v) is 2.61. The van der Waals surface area contributed by atoms with Gasteiger partial charge in [-0.1, -0.05) is 18.0 Å². The molecule has 1 saturated carbocycles. The smallest absolute Gasteiger partial charge is 0.127 e. The molecule has 1 aromatic carbocycles. The maximum Gasteiger partial charge on any atom is 0.127 e. The molecule has 0 spiro atoms. The Hall–Kier alpha value is -0.730. The number of ether oxygens (including phenoxy) is 1.